The van der Waals surface area contributed by atoms with Crippen molar-refractivity contribution in [2.75, 3.05) is 25.0 Å². The number of aromatic nitrogens is 5. The molecule has 0 aliphatic rings. The predicted molar refractivity (Wildman–Crippen MR) is 94.2 cm³/mol. The highest BCUT2D eigenvalue weighted by atomic mass is 35.5. The van der Waals surface area contributed by atoms with E-state index < -0.39 is 0 Å². The van der Waals surface area contributed by atoms with Crippen molar-refractivity contribution in [3.8, 4) is 0 Å². The van der Waals surface area contributed by atoms with Gasteiger partial charge in [-0.15, -0.1) is 14.8 Å². The van der Waals surface area contributed by atoms with Crippen molar-refractivity contribution in [2.45, 2.75) is 19.9 Å². The third-order valence-electron chi connectivity index (χ3n) is 4.06. The Morgan fingerprint density at radius 3 is 2.71 bits per heavy atom. The monoisotopic (exact) mass is 345 g/mol. The molecule has 1 atom stereocenters. The van der Waals surface area contributed by atoms with Crippen molar-refractivity contribution in [1.29, 1.82) is 0 Å². The van der Waals surface area contributed by atoms with Gasteiger partial charge in [-0.05, 0) is 47.3 Å². The zero-order valence-corrected chi connectivity index (χ0v) is 14.5. The molecule has 0 saturated carbocycles. The van der Waals surface area contributed by atoms with E-state index in [0.29, 0.717) is 12.2 Å². The number of nitrogens with one attached hydrogen (secondary N) is 1. The van der Waals surface area contributed by atoms with E-state index in [-0.39, 0.29) is 6.04 Å². The molecule has 1 aromatic carbocycles. The number of hydrogen-bond donors (Lipinski definition) is 1. The lowest BCUT2D eigenvalue weighted by Crippen LogP contribution is -2.33. The normalized spacial score (nSPS) is 12.7. The van der Waals surface area contributed by atoms with Gasteiger partial charge in [0.2, 0.25) is 0 Å². The smallest absolute Gasteiger partial charge is 0.200 e. The molecule has 1 N–H and O–H groups in total. The van der Waals surface area contributed by atoms with Crippen LogP contribution in [0.5, 0.6) is 0 Å². The molecule has 0 saturated heterocycles. The summed E-state index contributed by atoms with van der Waals surface area (Å²) in [7, 11) is 0. The standard InChI is InChI=1S/C16H20ClN7/c1-3-23(4-2)14(12-7-5-6-8-13(12)17)11-18-15-9-10-16-19-21-22-24(16)20-15/h5-10,14H,3-4,11H2,1-2H3,(H,18,20). The number of likely N-dealkylation sites (N-methyl/N-ethyl adjacent to an activating group) is 1. The molecule has 0 aliphatic heterocycles. The van der Waals surface area contributed by atoms with Gasteiger partial charge < -0.3 is 5.32 Å². The van der Waals surface area contributed by atoms with Gasteiger partial charge in [0.15, 0.2) is 5.65 Å². The van der Waals surface area contributed by atoms with Crippen molar-refractivity contribution in [3.05, 3.63) is 47.0 Å². The number of halogens is 1. The van der Waals surface area contributed by atoms with Crippen LogP contribution in [-0.2, 0) is 0 Å². The molecule has 2 aromatic heterocycles. The van der Waals surface area contributed by atoms with Crippen molar-refractivity contribution in [3.63, 3.8) is 0 Å². The predicted octanol–water partition coefficient (Wildman–Crippen LogP) is 2.67. The number of nitrogens with zero attached hydrogens (tertiary/aromatic N) is 6. The van der Waals surface area contributed by atoms with Gasteiger partial charge in [0.25, 0.3) is 0 Å². The third kappa shape index (κ3) is 3.47. The van der Waals surface area contributed by atoms with Gasteiger partial charge in [0, 0.05) is 11.6 Å². The second-order valence-electron chi connectivity index (χ2n) is 5.38. The lowest BCUT2D eigenvalue weighted by Gasteiger charge is -2.31. The zero-order chi connectivity index (χ0) is 16.9. The van der Waals surface area contributed by atoms with E-state index in [1.54, 1.807) is 0 Å². The second kappa shape index (κ2) is 7.55. The molecule has 7 nitrogen and oxygen atoms in total. The summed E-state index contributed by atoms with van der Waals surface area (Å²) in [4.78, 5) is 2.36. The molecule has 126 valence electrons. The van der Waals surface area contributed by atoms with E-state index >= 15 is 0 Å². The highest BCUT2D eigenvalue weighted by Gasteiger charge is 2.20. The molecule has 0 aliphatic carbocycles. The maximum absolute atomic E-state index is 6.42. The molecule has 3 aromatic rings. The minimum absolute atomic E-state index is 0.153. The molecule has 8 heteroatoms. The van der Waals surface area contributed by atoms with Crippen molar-refractivity contribution in [2.24, 2.45) is 0 Å². The molecule has 0 amide bonds. The van der Waals surface area contributed by atoms with Crippen LogP contribution in [0, 0.1) is 0 Å². The third-order valence-corrected chi connectivity index (χ3v) is 4.41. The highest BCUT2D eigenvalue weighted by molar-refractivity contribution is 6.31. The summed E-state index contributed by atoms with van der Waals surface area (Å²) in [5.41, 5.74) is 1.73. The summed E-state index contributed by atoms with van der Waals surface area (Å²) in [5, 5.41) is 19.8. The first-order valence-corrected chi connectivity index (χ1v) is 8.38. The highest BCUT2D eigenvalue weighted by Crippen LogP contribution is 2.27. The summed E-state index contributed by atoms with van der Waals surface area (Å²) in [6.07, 6.45) is 0. The molecular weight excluding hydrogens is 326 g/mol. The van der Waals surface area contributed by atoms with Gasteiger partial charge in [-0.25, -0.2) is 0 Å². The van der Waals surface area contributed by atoms with Crippen LogP contribution in [-0.4, -0.2) is 49.8 Å². The Hall–Kier alpha value is -2.25. The average Bonchev–Trinajstić information content (AvgIpc) is 3.07. The van der Waals surface area contributed by atoms with Gasteiger partial charge in [-0.1, -0.05) is 43.6 Å². The molecule has 3 rings (SSSR count). The van der Waals surface area contributed by atoms with Crippen LogP contribution >= 0.6 is 11.6 Å². The molecule has 1 unspecified atom stereocenters. The van der Waals surface area contributed by atoms with Gasteiger partial charge in [-0.2, -0.15) is 0 Å². The van der Waals surface area contributed by atoms with Gasteiger partial charge in [0.05, 0.1) is 6.04 Å². The first-order chi connectivity index (χ1) is 11.7. The number of tetrazole rings is 1. The topological polar surface area (TPSA) is 71.2 Å². The van der Waals surface area contributed by atoms with Crippen molar-refractivity contribution >= 4 is 23.1 Å². The maximum Gasteiger partial charge on any atom is 0.200 e. The lowest BCUT2D eigenvalue weighted by atomic mass is 10.0. The molecule has 0 fully saturated rings. The second-order valence-corrected chi connectivity index (χ2v) is 5.79. The minimum atomic E-state index is 0.153. The summed E-state index contributed by atoms with van der Waals surface area (Å²) < 4.78 is 1.41. The Bertz CT molecular complexity index is 800. The van der Waals surface area contributed by atoms with Crippen LogP contribution in [0.1, 0.15) is 25.5 Å². The molecule has 0 radical (unpaired) electrons. The number of rotatable bonds is 7. The van der Waals surface area contributed by atoms with E-state index in [9.17, 15) is 0 Å². The Balaban J connectivity index is 1.82. The summed E-state index contributed by atoms with van der Waals surface area (Å²) in [6, 6.07) is 11.8. The van der Waals surface area contributed by atoms with Crippen LogP contribution in [0.25, 0.3) is 5.65 Å². The van der Waals surface area contributed by atoms with E-state index in [1.165, 1.54) is 4.63 Å². The Morgan fingerprint density at radius 2 is 1.96 bits per heavy atom. The number of anilines is 1. The molecule has 0 bridgehead atoms. The Labute approximate surface area is 145 Å². The van der Waals surface area contributed by atoms with E-state index in [2.05, 4.69) is 50.8 Å². The first kappa shape index (κ1) is 16.6. The fourth-order valence-electron chi connectivity index (χ4n) is 2.79. The summed E-state index contributed by atoms with van der Waals surface area (Å²) in [6.45, 7) is 6.87. The van der Waals surface area contributed by atoms with E-state index in [0.717, 1.165) is 29.5 Å². The number of fused-ring (bicyclic) bond motifs is 1. The fourth-order valence-corrected chi connectivity index (χ4v) is 3.05. The van der Waals surface area contributed by atoms with Crippen molar-refractivity contribution < 1.29 is 0 Å². The maximum atomic E-state index is 6.42. The number of benzene rings is 1. The molecule has 2 heterocycles. The zero-order valence-electron chi connectivity index (χ0n) is 13.7. The minimum Gasteiger partial charge on any atom is -0.367 e. The number of hydrogen-bond acceptors (Lipinski definition) is 6. The Kier molecular flexibility index (Phi) is 5.22. The molecule has 0 spiro atoms. The van der Waals surface area contributed by atoms with Gasteiger partial charge in [0.1, 0.15) is 5.82 Å². The van der Waals surface area contributed by atoms with Crippen LogP contribution in [0.2, 0.25) is 5.02 Å². The average molecular weight is 346 g/mol. The molecular formula is C16H20ClN7. The van der Waals surface area contributed by atoms with Gasteiger partial charge >= 0.3 is 0 Å². The molecule has 24 heavy (non-hydrogen) atoms. The SMILES string of the molecule is CCN(CC)C(CNc1ccc2nnnn2n1)c1ccccc1Cl. The van der Waals surface area contributed by atoms with E-state index in [1.807, 2.05) is 30.3 Å². The lowest BCUT2D eigenvalue weighted by molar-refractivity contribution is 0.228. The van der Waals surface area contributed by atoms with Crippen LogP contribution in [0.3, 0.4) is 0 Å². The van der Waals surface area contributed by atoms with Crippen molar-refractivity contribution in [1.82, 2.24) is 30.2 Å². The summed E-state index contributed by atoms with van der Waals surface area (Å²) in [5.74, 6) is 0.721. The van der Waals surface area contributed by atoms with E-state index in [4.69, 9.17) is 11.6 Å². The van der Waals surface area contributed by atoms with Gasteiger partial charge in [-0.3, -0.25) is 4.90 Å². The first-order valence-electron chi connectivity index (χ1n) is 8.00. The quantitative estimate of drug-likeness (QED) is 0.710. The summed E-state index contributed by atoms with van der Waals surface area (Å²) >= 11 is 6.42. The van der Waals surface area contributed by atoms with Crippen LogP contribution in [0.4, 0.5) is 5.82 Å². The fraction of sp³-hybridized carbons (Fsp3) is 0.375. The largest absolute Gasteiger partial charge is 0.367 e. The van der Waals surface area contributed by atoms with Crippen LogP contribution in [0.15, 0.2) is 36.4 Å². The Morgan fingerprint density at radius 1 is 1.17 bits per heavy atom. The van der Waals surface area contributed by atoms with Crippen LogP contribution < -0.4 is 5.32 Å².